The molecule has 0 saturated carbocycles. The van der Waals surface area contributed by atoms with Gasteiger partial charge in [0.1, 0.15) is 0 Å². The van der Waals surface area contributed by atoms with Gasteiger partial charge in [0.05, 0.1) is 13.5 Å². The molecular weight excluding hydrogens is 194 g/mol. The maximum atomic E-state index is 11.9. The van der Waals surface area contributed by atoms with E-state index in [4.69, 9.17) is 0 Å². The highest BCUT2D eigenvalue weighted by molar-refractivity contribution is 5.82. The molecule has 0 unspecified atom stereocenters. The third-order valence-electron chi connectivity index (χ3n) is 2.69. The highest BCUT2D eigenvalue weighted by Gasteiger charge is 2.28. The number of carbonyl (C=O) groups excluding carboxylic acids is 2. The lowest BCUT2D eigenvalue weighted by Crippen LogP contribution is -2.39. The van der Waals surface area contributed by atoms with E-state index in [1.165, 1.54) is 7.11 Å². The summed E-state index contributed by atoms with van der Waals surface area (Å²) in [6, 6.07) is 0. The van der Waals surface area contributed by atoms with Crippen LogP contribution >= 0.6 is 0 Å². The first-order valence-corrected chi connectivity index (χ1v) is 5.17. The van der Waals surface area contributed by atoms with Gasteiger partial charge in [-0.15, -0.1) is 0 Å². The van der Waals surface area contributed by atoms with E-state index in [1.807, 2.05) is 20.8 Å². The van der Waals surface area contributed by atoms with Crippen LogP contribution in [-0.2, 0) is 14.3 Å². The van der Waals surface area contributed by atoms with Crippen molar-refractivity contribution >= 4 is 11.9 Å². The number of rotatable bonds is 5. The van der Waals surface area contributed by atoms with Crippen molar-refractivity contribution in [3.8, 4) is 0 Å². The molecule has 0 spiro atoms. The van der Waals surface area contributed by atoms with E-state index < -0.39 is 0 Å². The van der Waals surface area contributed by atoms with Gasteiger partial charge in [-0.1, -0.05) is 20.8 Å². The second-order valence-corrected chi connectivity index (χ2v) is 4.29. The minimum absolute atomic E-state index is 0.0638. The van der Waals surface area contributed by atoms with Crippen molar-refractivity contribution in [3.05, 3.63) is 0 Å². The second-order valence-electron chi connectivity index (χ2n) is 4.29. The number of amides is 1. The number of ether oxygens (including phenoxy) is 1. The molecule has 0 aliphatic carbocycles. The Hall–Kier alpha value is -1.06. The molecule has 0 aromatic rings. The number of carbonyl (C=O) groups is 2. The number of methoxy groups -OCH3 is 1. The van der Waals surface area contributed by atoms with Crippen LogP contribution in [0.1, 0.15) is 33.6 Å². The highest BCUT2D eigenvalue weighted by Crippen LogP contribution is 2.22. The lowest BCUT2D eigenvalue weighted by molar-refractivity contribution is -0.143. The van der Waals surface area contributed by atoms with Crippen molar-refractivity contribution in [2.24, 2.45) is 5.41 Å². The molecule has 0 aromatic carbocycles. The zero-order chi connectivity index (χ0) is 12.1. The topological polar surface area (TPSA) is 46.6 Å². The van der Waals surface area contributed by atoms with Crippen molar-refractivity contribution in [1.82, 2.24) is 4.90 Å². The molecule has 0 fully saturated rings. The first-order valence-electron chi connectivity index (χ1n) is 5.17. The van der Waals surface area contributed by atoms with Gasteiger partial charge in [0.15, 0.2) is 0 Å². The van der Waals surface area contributed by atoms with Crippen molar-refractivity contribution < 1.29 is 14.3 Å². The fourth-order valence-electron chi connectivity index (χ4n) is 1.13. The Morgan fingerprint density at radius 2 is 1.87 bits per heavy atom. The fourth-order valence-corrected chi connectivity index (χ4v) is 1.13. The van der Waals surface area contributed by atoms with Gasteiger partial charge in [-0.25, -0.2) is 0 Å². The molecule has 0 bridgehead atoms. The highest BCUT2D eigenvalue weighted by atomic mass is 16.5. The SMILES string of the molecule is CCC(C)(C)C(=O)N(C)CCC(=O)OC. The summed E-state index contributed by atoms with van der Waals surface area (Å²) in [7, 11) is 3.06. The van der Waals surface area contributed by atoms with Crippen molar-refractivity contribution in [3.63, 3.8) is 0 Å². The van der Waals surface area contributed by atoms with Gasteiger partial charge in [-0.3, -0.25) is 9.59 Å². The molecule has 4 nitrogen and oxygen atoms in total. The van der Waals surface area contributed by atoms with Crippen LogP contribution in [0.15, 0.2) is 0 Å². The molecule has 0 rings (SSSR count). The molecule has 0 aliphatic heterocycles. The molecule has 88 valence electrons. The van der Waals surface area contributed by atoms with Crippen LogP contribution in [0.3, 0.4) is 0 Å². The van der Waals surface area contributed by atoms with Crippen molar-refractivity contribution in [2.45, 2.75) is 33.6 Å². The summed E-state index contributed by atoms with van der Waals surface area (Å²) in [5, 5.41) is 0. The fraction of sp³-hybridized carbons (Fsp3) is 0.818. The van der Waals surface area contributed by atoms with Gasteiger partial charge in [0.2, 0.25) is 5.91 Å². The first-order chi connectivity index (χ1) is 6.85. The molecule has 1 amide bonds. The molecule has 0 aromatic heterocycles. The predicted octanol–water partition coefficient (Wildman–Crippen LogP) is 1.44. The lowest BCUT2D eigenvalue weighted by Gasteiger charge is -2.28. The Kier molecular flexibility index (Phi) is 5.33. The molecule has 0 N–H and O–H groups in total. The van der Waals surface area contributed by atoms with E-state index in [1.54, 1.807) is 11.9 Å². The minimum Gasteiger partial charge on any atom is -0.469 e. The smallest absolute Gasteiger partial charge is 0.307 e. The largest absolute Gasteiger partial charge is 0.469 e. The average molecular weight is 215 g/mol. The van der Waals surface area contributed by atoms with Crippen LogP contribution in [0, 0.1) is 5.41 Å². The Labute approximate surface area is 91.6 Å². The van der Waals surface area contributed by atoms with E-state index in [9.17, 15) is 9.59 Å². The van der Waals surface area contributed by atoms with Gasteiger partial charge in [-0.05, 0) is 6.42 Å². The maximum absolute atomic E-state index is 11.9. The van der Waals surface area contributed by atoms with Crippen LogP contribution < -0.4 is 0 Å². The van der Waals surface area contributed by atoms with Crippen LogP contribution in [-0.4, -0.2) is 37.5 Å². The number of nitrogens with zero attached hydrogens (tertiary/aromatic N) is 1. The molecule has 0 radical (unpaired) electrons. The van der Waals surface area contributed by atoms with Gasteiger partial charge < -0.3 is 9.64 Å². The Morgan fingerprint density at radius 1 is 1.33 bits per heavy atom. The summed E-state index contributed by atoms with van der Waals surface area (Å²) >= 11 is 0. The van der Waals surface area contributed by atoms with Gasteiger partial charge in [0, 0.05) is 19.0 Å². The van der Waals surface area contributed by atoms with Crippen LogP contribution in [0.2, 0.25) is 0 Å². The van der Waals surface area contributed by atoms with E-state index in [0.29, 0.717) is 6.54 Å². The van der Waals surface area contributed by atoms with E-state index in [-0.39, 0.29) is 23.7 Å². The molecular formula is C11H21NO3. The molecule has 15 heavy (non-hydrogen) atoms. The van der Waals surface area contributed by atoms with Gasteiger partial charge in [-0.2, -0.15) is 0 Å². The molecule has 0 atom stereocenters. The summed E-state index contributed by atoms with van der Waals surface area (Å²) in [5.74, 6) is -0.224. The van der Waals surface area contributed by atoms with Crippen molar-refractivity contribution in [1.29, 1.82) is 0 Å². The number of hydrogen-bond acceptors (Lipinski definition) is 3. The molecule has 4 heteroatoms. The second kappa shape index (κ2) is 5.73. The summed E-state index contributed by atoms with van der Waals surface area (Å²) < 4.78 is 4.52. The quantitative estimate of drug-likeness (QED) is 0.652. The molecule has 0 saturated heterocycles. The summed E-state index contributed by atoms with van der Waals surface area (Å²) in [6.07, 6.45) is 1.03. The average Bonchev–Trinajstić information content (AvgIpc) is 2.23. The van der Waals surface area contributed by atoms with Crippen LogP contribution in [0.25, 0.3) is 0 Å². The Bertz CT molecular complexity index is 236. The van der Waals surface area contributed by atoms with Gasteiger partial charge >= 0.3 is 5.97 Å². The normalized spacial score (nSPS) is 11.0. The van der Waals surface area contributed by atoms with Crippen molar-refractivity contribution in [2.75, 3.05) is 20.7 Å². The van der Waals surface area contributed by atoms with E-state index in [0.717, 1.165) is 6.42 Å². The third kappa shape index (κ3) is 4.32. The van der Waals surface area contributed by atoms with Crippen LogP contribution in [0.4, 0.5) is 0 Å². The monoisotopic (exact) mass is 215 g/mol. The number of hydrogen-bond donors (Lipinski definition) is 0. The lowest BCUT2D eigenvalue weighted by atomic mass is 9.88. The predicted molar refractivity (Wildman–Crippen MR) is 58.3 cm³/mol. The maximum Gasteiger partial charge on any atom is 0.307 e. The van der Waals surface area contributed by atoms with Crippen LogP contribution in [0.5, 0.6) is 0 Å². The molecule has 0 aliphatic rings. The summed E-state index contributed by atoms with van der Waals surface area (Å²) in [6.45, 7) is 6.20. The minimum atomic E-state index is -0.356. The zero-order valence-electron chi connectivity index (χ0n) is 10.3. The number of esters is 1. The van der Waals surface area contributed by atoms with E-state index in [2.05, 4.69) is 4.74 Å². The summed E-state index contributed by atoms with van der Waals surface area (Å²) in [5.41, 5.74) is -0.356. The molecule has 0 heterocycles. The Balaban J connectivity index is 4.16. The zero-order valence-corrected chi connectivity index (χ0v) is 10.3. The van der Waals surface area contributed by atoms with Gasteiger partial charge in [0.25, 0.3) is 0 Å². The standard InChI is InChI=1S/C11H21NO3/c1-6-11(2,3)10(14)12(4)8-7-9(13)15-5/h6-8H2,1-5H3. The van der Waals surface area contributed by atoms with E-state index >= 15 is 0 Å². The first kappa shape index (κ1) is 13.9. The third-order valence-corrected chi connectivity index (χ3v) is 2.69. The Morgan fingerprint density at radius 3 is 2.27 bits per heavy atom. The summed E-state index contributed by atoms with van der Waals surface area (Å²) in [4.78, 5) is 24.4.